The van der Waals surface area contributed by atoms with Crippen LogP contribution < -0.4 is 11.1 Å². The molecular weight excluding hydrogens is 278 g/mol. The van der Waals surface area contributed by atoms with Gasteiger partial charge in [-0.05, 0) is 24.1 Å². The van der Waals surface area contributed by atoms with Crippen molar-refractivity contribution in [3.8, 4) is 0 Å². The molecule has 6 nitrogen and oxygen atoms in total. The first-order chi connectivity index (χ1) is 9.51. The minimum absolute atomic E-state index is 0.401. The van der Waals surface area contributed by atoms with E-state index in [1.165, 1.54) is 16.4 Å². The molecule has 2 N–H and O–H groups in total. The SMILES string of the molecule is CC[C@@H](O)c1ccc(Sc2nc(=O)c(=O)[nH]n2C)cc1. The minimum atomic E-state index is -0.802. The zero-order chi connectivity index (χ0) is 14.7. The van der Waals surface area contributed by atoms with Crippen LogP contribution in [0.25, 0.3) is 0 Å². The third kappa shape index (κ3) is 3.17. The summed E-state index contributed by atoms with van der Waals surface area (Å²) >= 11 is 1.27. The molecule has 1 aromatic carbocycles. The zero-order valence-electron chi connectivity index (χ0n) is 11.2. The highest BCUT2D eigenvalue weighted by molar-refractivity contribution is 7.99. The number of H-pyrrole nitrogens is 1. The summed E-state index contributed by atoms with van der Waals surface area (Å²) in [5.41, 5.74) is -0.693. The van der Waals surface area contributed by atoms with E-state index in [9.17, 15) is 14.7 Å². The van der Waals surface area contributed by atoms with E-state index < -0.39 is 17.2 Å². The highest BCUT2D eigenvalue weighted by Crippen LogP contribution is 2.26. The van der Waals surface area contributed by atoms with E-state index in [-0.39, 0.29) is 0 Å². The fourth-order valence-electron chi connectivity index (χ4n) is 1.65. The second-order valence-electron chi connectivity index (χ2n) is 4.29. The van der Waals surface area contributed by atoms with Gasteiger partial charge in [-0.25, -0.2) is 0 Å². The summed E-state index contributed by atoms with van der Waals surface area (Å²) in [6.45, 7) is 1.91. The first-order valence-electron chi connectivity index (χ1n) is 6.14. The average molecular weight is 293 g/mol. The summed E-state index contributed by atoms with van der Waals surface area (Å²) in [5.74, 6) is 0. The van der Waals surface area contributed by atoms with Crippen molar-refractivity contribution in [3.05, 3.63) is 50.5 Å². The van der Waals surface area contributed by atoms with E-state index in [1.807, 2.05) is 31.2 Å². The molecule has 0 aliphatic rings. The first-order valence-corrected chi connectivity index (χ1v) is 6.96. The van der Waals surface area contributed by atoms with Crippen molar-refractivity contribution >= 4 is 11.8 Å². The standard InChI is InChI=1S/C13H15N3O3S/c1-3-10(17)8-4-6-9(7-5-8)20-13-14-11(18)12(19)15-16(13)2/h4-7,10,17H,3H2,1-2H3,(H,15,19)/t10-/m1/s1. The topological polar surface area (TPSA) is 88.0 Å². The first kappa shape index (κ1) is 14.5. The average Bonchev–Trinajstić information content (AvgIpc) is 2.44. The highest BCUT2D eigenvalue weighted by atomic mass is 32.2. The van der Waals surface area contributed by atoms with E-state index in [0.717, 1.165) is 10.5 Å². The third-order valence-electron chi connectivity index (χ3n) is 2.81. The van der Waals surface area contributed by atoms with Crippen LogP contribution in [0.15, 0.2) is 43.9 Å². The normalized spacial score (nSPS) is 12.3. The number of nitrogens with one attached hydrogen (secondary N) is 1. The van der Waals surface area contributed by atoms with Gasteiger partial charge in [0.05, 0.1) is 6.10 Å². The van der Waals surface area contributed by atoms with Crippen LogP contribution in [0, 0.1) is 0 Å². The second kappa shape index (κ2) is 6.06. The zero-order valence-corrected chi connectivity index (χ0v) is 12.0. The van der Waals surface area contributed by atoms with Crippen LogP contribution in [-0.2, 0) is 7.05 Å². The fraction of sp³-hybridized carbons (Fsp3) is 0.308. The van der Waals surface area contributed by atoms with Gasteiger partial charge >= 0.3 is 11.1 Å². The Kier molecular flexibility index (Phi) is 4.41. The van der Waals surface area contributed by atoms with Crippen LogP contribution in [0.5, 0.6) is 0 Å². The van der Waals surface area contributed by atoms with Crippen molar-refractivity contribution in [2.45, 2.75) is 29.5 Å². The van der Waals surface area contributed by atoms with E-state index in [0.29, 0.717) is 11.6 Å². The molecule has 0 saturated heterocycles. The smallest absolute Gasteiger partial charge is 0.339 e. The molecule has 0 saturated carbocycles. The summed E-state index contributed by atoms with van der Waals surface area (Å²) in [7, 11) is 1.62. The van der Waals surface area contributed by atoms with Crippen molar-refractivity contribution < 1.29 is 5.11 Å². The maximum Gasteiger partial charge on any atom is 0.339 e. The molecule has 2 aromatic rings. The molecule has 0 aliphatic carbocycles. The number of aliphatic hydroxyl groups excluding tert-OH is 1. The van der Waals surface area contributed by atoms with Gasteiger partial charge in [-0.15, -0.1) is 0 Å². The van der Waals surface area contributed by atoms with Crippen LogP contribution in [0.4, 0.5) is 0 Å². The minimum Gasteiger partial charge on any atom is -0.388 e. The summed E-state index contributed by atoms with van der Waals surface area (Å²) < 4.78 is 1.41. The number of aromatic amines is 1. The Balaban J connectivity index is 2.24. The van der Waals surface area contributed by atoms with Gasteiger partial charge in [0, 0.05) is 11.9 Å². The number of rotatable bonds is 4. The van der Waals surface area contributed by atoms with Gasteiger partial charge in [0.15, 0.2) is 5.16 Å². The second-order valence-corrected chi connectivity index (χ2v) is 5.34. The lowest BCUT2D eigenvalue weighted by molar-refractivity contribution is 0.173. The molecule has 0 fully saturated rings. The number of nitrogens with zero attached hydrogens (tertiary/aromatic N) is 2. The highest BCUT2D eigenvalue weighted by Gasteiger charge is 2.08. The summed E-state index contributed by atoms with van der Waals surface area (Å²) in [4.78, 5) is 26.9. The van der Waals surface area contributed by atoms with E-state index in [1.54, 1.807) is 7.05 Å². The Hall–Kier alpha value is -1.86. The molecule has 2 rings (SSSR count). The molecule has 7 heteroatoms. The van der Waals surface area contributed by atoms with Crippen molar-refractivity contribution in [2.24, 2.45) is 7.05 Å². The summed E-state index contributed by atoms with van der Waals surface area (Å²) in [5, 5.41) is 12.5. The Bertz CT molecular complexity index is 706. The molecule has 20 heavy (non-hydrogen) atoms. The van der Waals surface area contributed by atoms with Gasteiger partial charge in [0.2, 0.25) is 0 Å². The van der Waals surface area contributed by atoms with E-state index >= 15 is 0 Å². The number of aliphatic hydroxyl groups is 1. The van der Waals surface area contributed by atoms with Gasteiger partial charge < -0.3 is 5.11 Å². The Labute approximate surface area is 119 Å². The molecule has 1 heterocycles. The van der Waals surface area contributed by atoms with Crippen molar-refractivity contribution in [1.29, 1.82) is 0 Å². The fourth-order valence-corrected chi connectivity index (χ4v) is 2.45. The molecule has 0 amide bonds. The lowest BCUT2D eigenvalue weighted by Gasteiger charge is -2.09. The lowest BCUT2D eigenvalue weighted by Crippen LogP contribution is -2.33. The molecule has 1 atom stereocenters. The van der Waals surface area contributed by atoms with Crippen molar-refractivity contribution in [2.75, 3.05) is 0 Å². The summed E-state index contributed by atoms with van der Waals surface area (Å²) in [6, 6.07) is 7.35. The van der Waals surface area contributed by atoms with Gasteiger partial charge in [-0.1, -0.05) is 30.8 Å². The molecule has 0 spiro atoms. The van der Waals surface area contributed by atoms with Crippen LogP contribution >= 0.6 is 11.8 Å². The number of aryl methyl sites for hydroxylation is 1. The number of hydrogen-bond donors (Lipinski definition) is 2. The van der Waals surface area contributed by atoms with Crippen LogP contribution in [0.1, 0.15) is 25.0 Å². The molecule has 0 radical (unpaired) electrons. The van der Waals surface area contributed by atoms with Crippen LogP contribution in [0.3, 0.4) is 0 Å². The third-order valence-corrected chi connectivity index (χ3v) is 3.86. The van der Waals surface area contributed by atoms with Crippen molar-refractivity contribution in [1.82, 2.24) is 14.8 Å². The largest absolute Gasteiger partial charge is 0.388 e. The molecule has 1 aromatic heterocycles. The molecule has 0 bridgehead atoms. The van der Waals surface area contributed by atoms with E-state index in [2.05, 4.69) is 10.1 Å². The Morgan fingerprint density at radius 1 is 1.35 bits per heavy atom. The van der Waals surface area contributed by atoms with Crippen molar-refractivity contribution in [3.63, 3.8) is 0 Å². The Morgan fingerprint density at radius 2 is 2.00 bits per heavy atom. The van der Waals surface area contributed by atoms with Gasteiger partial charge in [-0.2, -0.15) is 4.98 Å². The molecule has 106 valence electrons. The number of aromatic nitrogens is 3. The van der Waals surface area contributed by atoms with Crippen LogP contribution in [0.2, 0.25) is 0 Å². The Morgan fingerprint density at radius 3 is 2.60 bits per heavy atom. The number of hydrogen-bond acceptors (Lipinski definition) is 5. The maximum absolute atomic E-state index is 11.2. The molecule has 0 aliphatic heterocycles. The number of benzene rings is 1. The molecule has 0 unspecified atom stereocenters. The van der Waals surface area contributed by atoms with Gasteiger partial charge in [0.1, 0.15) is 0 Å². The van der Waals surface area contributed by atoms with Gasteiger partial charge in [0.25, 0.3) is 0 Å². The molecular formula is C13H15N3O3S. The van der Waals surface area contributed by atoms with E-state index in [4.69, 9.17) is 0 Å². The van der Waals surface area contributed by atoms with Crippen LogP contribution in [-0.4, -0.2) is 19.9 Å². The lowest BCUT2D eigenvalue weighted by atomic mass is 10.1. The van der Waals surface area contributed by atoms with Gasteiger partial charge in [-0.3, -0.25) is 19.4 Å². The summed E-state index contributed by atoms with van der Waals surface area (Å²) in [6.07, 6.45) is 0.187. The monoisotopic (exact) mass is 293 g/mol. The predicted molar refractivity (Wildman–Crippen MR) is 75.9 cm³/mol. The maximum atomic E-state index is 11.2. The predicted octanol–water partition coefficient (Wildman–Crippen LogP) is 1.06. The quantitative estimate of drug-likeness (QED) is 0.823.